The second kappa shape index (κ2) is 8.47. The SMILES string of the molecule is CCOC(=O)c1cccnc1N1CCN(Cc2c(F)cccc2Cl)CC1. The Morgan fingerprint density at radius 3 is 2.69 bits per heavy atom. The summed E-state index contributed by atoms with van der Waals surface area (Å²) >= 11 is 6.12. The lowest BCUT2D eigenvalue weighted by Gasteiger charge is -2.36. The second-order valence-electron chi connectivity index (χ2n) is 6.06. The summed E-state index contributed by atoms with van der Waals surface area (Å²) in [4.78, 5) is 20.7. The summed E-state index contributed by atoms with van der Waals surface area (Å²) in [6, 6.07) is 8.20. The van der Waals surface area contributed by atoms with Crippen LogP contribution in [0.4, 0.5) is 10.2 Å². The van der Waals surface area contributed by atoms with Gasteiger partial charge in [-0.25, -0.2) is 14.2 Å². The van der Waals surface area contributed by atoms with Crippen molar-refractivity contribution in [3.8, 4) is 0 Å². The molecular weight excluding hydrogens is 357 g/mol. The van der Waals surface area contributed by atoms with Crippen molar-refractivity contribution < 1.29 is 13.9 Å². The molecule has 0 N–H and O–H groups in total. The fourth-order valence-electron chi connectivity index (χ4n) is 3.04. The zero-order chi connectivity index (χ0) is 18.5. The Morgan fingerprint density at radius 2 is 2.00 bits per heavy atom. The molecule has 1 aromatic carbocycles. The molecule has 0 bridgehead atoms. The molecule has 26 heavy (non-hydrogen) atoms. The Bertz CT molecular complexity index is 759. The summed E-state index contributed by atoms with van der Waals surface area (Å²) < 4.78 is 19.1. The maximum atomic E-state index is 14.0. The van der Waals surface area contributed by atoms with Gasteiger partial charge in [-0.1, -0.05) is 17.7 Å². The van der Waals surface area contributed by atoms with Crippen LogP contribution < -0.4 is 4.90 Å². The maximum Gasteiger partial charge on any atom is 0.341 e. The monoisotopic (exact) mass is 377 g/mol. The molecule has 0 atom stereocenters. The first-order valence-corrected chi connectivity index (χ1v) is 9.00. The largest absolute Gasteiger partial charge is 0.462 e. The molecule has 0 amide bonds. The highest BCUT2D eigenvalue weighted by molar-refractivity contribution is 6.31. The van der Waals surface area contributed by atoms with Crippen LogP contribution in [0.1, 0.15) is 22.8 Å². The highest BCUT2D eigenvalue weighted by Gasteiger charge is 2.24. The minimum absolute atomic E-state index is 0.283. The molecule has 1 saturated heterocycles. The molecule has 2 heterocycles. The lowest BCUT2D eigenvalue weighted by molar-refractivity contribution is 0.0526. The minimum atomic E-state index is -0.365. The van der Waals surface area contributed by atoms with Crippen molar-refractivity contribution in [1.82, 2.24) is 9.88 Å². The van der Waals surface area contributed by atoms with Gasteiger partial charge in [0.05, 0.1) is 6.61 Å². The average Bonchev–Trinajstić information content (AvgIpc) is 2.66. The van der Waals surface area contributed by atoms with E-state index in [9.17, 15) is 9.18 Å². The number of halogens is 2. The quantitative estimate of drug-likeness (QED) is 0.747. The van der Waals surface area contributed by atoms with E-state index in [-0.39, 0.29) is 11.8 Å². The van der Waals surface area contributed by atoms with Crippen molar-refractivity contribution >= 4 is 23.4 Å². The van der Waals surface area contributed by atoms with Crippen LogP contribution in [0, 0.1) is 5.82 Å². The van der Waals surface area contributed by atoms with E-state index in [1.54, 1.807) is 37.4 Å². The van der Waals surface area contributed by atoms with Crippen LogP contribution in [0.3, 0.4) is 0 Å². The summed E-state index contributed by atoms with van der Waals surface area (Å²) in [6.07, 6.45) is 1.67. The Labute approximate surface area is 157 Å². The van der Waals surface area contributed by atoms with E-state index in [4.69, 9.17) is 16.3 Å². The van der Waals surface area contributed by atoms with Gasteiger partial charge in [0.15, 0.2) is 0 Å². The number of anilines is 1. The van der Waals surface area contributed by atoms with Crippen LogP contribution in [0.25, 0.3) is 0 Å². The molecule has 2 aromatic rings. The summed E-state index contributed by atoms with van der Waals surface area (Å²) in [5.74, 6) is -0.0139. The minimum Gasteiger partial charge on any atom is -0.462 e. The van der Waals surface area contributed by atoms with E-state index in [1.165, 1.54) is 6.07 Å². The van der Waals surface area contributed by atoms with E-state index in [1.807, 2.05) is 0 Å². The smallest absolute Gasteiger partial charge is 0.341 e. The van der Waals surface area contributed by atoms with Crippen LogP contribution in [-0.4, -0.2) is 48.6 Å². The molecule has 1 aliphatic heterocycles. The van der Waals surface area contributed by atoms with Gasteiger partial charge in [-0.15, -0.1) is 0 Å². The third-order valence-corrected chi connectivity index (χ3v) is 4.75. The average molecular weight is 378 g/mol. The first kappa shape index (κ1) is 18.6. The lowest BCUT2D eigenvalue weighted by Crippen LogP contribution is -2.46. The number of hydrogen-bond acceptors (Lipinski definition) is 5. The number of rotatable bonds is 5. The Morgan fingerprint density at radius 1 is 1.23 bits per heavy atom. The summed E-state index contributed by atoms with van der Waals surface area (Å²) in [5.41, 5.74) is 0.993. The second-order valence-corrected chi connectivity index (χ2v) is 6.47. The Hall–Kier alpha value is -2.18. The van der Waals surface area contributed by atoms with Crippen LogP contribution in [-0.2, 0) is 11.3 Å². The molecule has 0 saturated carbocycles. The molecule has 138 valence electrons. The molecule has 1 fully saturated rings. The molecule has 0 unspecified atom stereocenters. The van der Waals surface area contributed by atoms with Crippen molar-refractivity contribution in [2.24, 2.45) is 0 Å². The van der Waals surface area contributed by atoms with Gasteiger partial charge >= 0.3 is 5.97 Å². The first-order valence-electron chi connectivity index (χ1n) is 8.62. The topological polar surface area (TPSA) is 45.7 Å². The predicted molar refractivity (Wildman–Crippen MR) is 99.1 cm³/mol. The van der Waals surface area contributed by atoms with Crippen LogP contribution in [0.15, 0.2) is 36.5 Å². The Balaban J connectivity index is 1.67. The normalized spacial score (nSPS) is 15.1. The van der Waals surface area contributed by atoms with Crippen LogP contribution in [0.5, 0.6) is 0 Å². The number of hydrogen-bond donors (Lipinski definition) is 0. The van der Waals surface area contributed by atoms with Crippen molar-refractivity contribution in [2.75, 3.05) is 37.7 Å². The molecule has 1 aromatic heterocycles. The van der Waals surface area contributed by atoms with Gasteiger partial charge in [0, 0.05) is 49.5 Å². The highest BCUT2D eigenvalue weighted by atomic mass is 35.5. The number of benzene rings is 1. The van der Waals surface area contributed by atoms with E-state index >= 15 is 0 Å². The number of ether oxygens (including phenoxy) is 1. The van der Waals surface area contributed by atoms with Crippen molar-refractivity contribution in [2.45, 2.75) is 13.5 Å². The van der Waals surface area contributed by atoms with Gasteiger partial charge in [0.25, 0.3) is 0 Å². The van der Waals surface area contributed by atoms with Crippen molar-refractivity contribution in [1.29, 1.82) is 0 Å². The van der Waals surface area contributed by atoms with Crippen LogP contribution in [0.2, 0.25) is 5.02 Å². The number of aromatic nitrogens is 1. The molecule has 3 rings (SSSR count). The molecular formula is C19H21ClFN3O2. The van der Waals surface area contributed by atoms with Crippen molar-refractivity contribution in [3.05, 3.63) is 58.5 Å². The summed E-state index contributed by atoms with van der Waals surface area (Å²) in [5, 5.41) is 0.446. The molecule has 0 aliphatic carbocycles. The summed E-state index contributed by atoms with van der Waals surface area (Å²) in [7, 11) is 0. The maximum absolute atomic E-state index is 14.0. The Kier molecular flexibility index (Phi) is 6.06. The number of carbonyl (C=O) groups is 1. The molecule has 0 spiro atoms. The van der Waals surface area contributed by atoms with E-state index < -0.39 is 0 Å². The third kappa shape index (κ3) is 4.14. The number of nitrogens with zero attached hydrogens (tertiary/aromatic N) is 3. The van der Waals surface area contributed by atoms with Gasteiger partial charge < -0.3 is 9.64 Å². The zero-order valence-electron chi connectivity index (χ0n) is 14.6. The fraction of sp³-hybridized carbons (Fsp3) is 0.368. The van der Waals surface area contributed by atoms with Gasteiger partial charge in [-0.3, -0.25) is 4.90 Å². The number of piperazine rings is 1. The molecule has 5 nitrogen and oxygen atoms in total. The van der Waals surface area contributed by atoms with Gasteiger partial charge in [-0.05, 0) is 31.2 Å². The lowest BCUT2D eigenvalue weighted by atomic mass is 10.1. The van der Waals surface area contributed by atoms with E-state index in [0.717, 1.165) is 13.1 Å². The molecule has 7 heteroatoms. The van der Waals surface area contributed by atoms with E-state index in [2.05, 4.69) is 14.8 Å². The van der Waals surface area contributed by atoms with E-state index in [0.29, 0.717) is 48.2 Å². The number of carbonyl (C=O) groups excluding carboxylic acids is 1. The predicted octanol–water partition coefficient (Wildman–Crippen LogP) is 3.37. The number of pyridine rings is 1. The summed E-state index contributed by atoms with van der Waals surface area (Å²) in [6.45, 7) is 5.40. The zero-order valence-corrected chi connectivity index (χ0v) is 15.4. The van der Waals surface area contributed by atoms with Crippen molar-refractivity contribution in [3.63, 3.8) is 0 Å². The van der Waals surface area contributed by atoms with Gasteiger partial charge in [-0.2, -0.15) is 0 Å². The van der Waals surface area contributed by atoms with Gasteiger partial charge in [0.2, 0.25) is 0 Å². The molecule has 0 radical (unpaired) electrons. The first-order chi connectivity index (χ1) is 12.6. The highest BCUT2D eigenvalue weighted by Crippen LogP contribution is 2.23. The molecule has 1 aliphatic rings. The fourth-order valence-corrected chi connectivity index (χ4v) is 3.26. The standard InChI is InChI=1S/C19H21ClFN3O2/c1-2-26-19(25)14-5-4-8-22-18(14)24-11-9-23(10-12-24)13-15-16(20)6-3-7-17(15)21/h3-8H,2,9-13H2,1H3. The third-order valence-electron chi connectivity index (χ3n) is 4.40. The van der Waals surface area contributed by atoms with Gasteiger partial charge in [0.1, 0.15) is 17.2 Å². The number of esters is 1. The van der Waals surface area contributed by atoms with Crippen LogP contribution >= 0.6 is 11.6 Å².